The van der Waals surface area contributed by atoms with Crippen molar-refractivity contribution in [2.24, 2.45) is 9.98 Å². The second-order valence-corrected chi connectivity index (χ2v) is 4.35. The number of pyridine rings is 1. The minimum absolute atomic E-state index is 0.247. The predicted octanol–water partition coefficient (Wildman–Crippen LogP) is 0.713. The summed E-state index contributed by atoms with van der Waals surface area (Å²) >= 11 is 4.56. The fraction of sp³-hybridized carbons (Fsp3) is 0.125. The number of carbonyl (C=O) groups excluding carboxylic acids is 1. The lowest BCUT2D eigenvalue weighted by atomic mass is 10.5. The van der Waals surface area contributed by atoms with Crippen LogP contribution in [0.15, 0.2) is 26.7 Å². The molecule has 0 aromatic carbocycles. The summed E-state index contributed by atoms with van der Waals surface area (Å²) in [5, 5.41) is 1.22. The monoisotopic (exact) mass is 270 g/mol. The van der Waals surface area contributed by atoms with Crippen molar-refractivity contribution in [2.75, 3.05) is 0 Å². The van der Waals surface area contributed by atoms with Gasteiger partial charge in [0.05, 0.1) is 0 Å². The minimum atomic E-state index is -0.247. The third-order valence-electron chi connectivity index (χ3n) is 1.46. The summed E-state index contributed by atoms with van der Waals surface area (Å²) in [6.45, 7) is 1.40. The molecule has 1 aliphatic heterocycles. The first-order chi connectivity index (χ1) is 6.65. The molecule has 0 N–H and O–H groups in total. The molecular weight excluding hydrogens is 266 g/mol. The second-order valence-electron chi connectivity index (χ2n) is 2.59. The molecule has 1 aromatic rings. The number of hydrogen-bond donors (Lipinski definition) is 0. The lowest BCUT2D eigenvalue weighted by Gasteiger charge is -1.78. The van der Waals surface area contributed by atoms with Crippen LogP contribution in [-0.2, 0) is 16.1 Å². The summed E-state index contributed by atoms with van der Waals surface area (Å²) in [5.41, 5.74) is 0. The number of nitrogens with zero attached hydrogens (tertiary/aromatic N) is 3. The van der Waals surface area contributed by atoms with Crippen LogP contribution in [0.4, 0.5) is 0 Å². The first kappa shape index (κ1) is 9.54. The predicted molar refractivity (Wildman–Crippen MR) is 57.4 cm³/mol. The van der Waals surface area contributed by atoms with Crippen LogP contribution in [0.25, 0.3) is 0 Å². The van der Waals surface area contributed by atoms with E-state index in [0.717, 1.165) is 14.6 Å². The number of carbonyl (C=O) groups is 1. The Kier molecular flexibility index (Phi) is 2.47. The Balaban J connectivity index is 2.59. The lowest BCUT2D eigenvalue weighted by Crippen LogP contribution is -2.01. The maximum Gasteiger partial charge on any atom is 0.428 e. The minimum Gasteiger partial charge on any atom is -0.273 e. The third kappa shape index (κ3) is 1.91. The Labute approximate surface area is 91.9 Å². The largest absolute Gasteiger partial charge is 0.428 e. The zero-order valence-electron chi connectivity index (χ0n) is 7.19. The number of halogens is 1. The molecule has 0 atom stereocenters. The average Bonchev–Trinajstić information content (AvgIpc) is 2.44. The highest BCUT2D eigenvalue weighted by Gasteiger charge is 2.20. The van der Waals surface area contributed by atoms with Crippen molar-refractivity contribution in [3.63, 3.8) is 0 Å². The van der Waals surface area contributed by atoms with Gasteiger partial charge in [-0.25, -0.2) is 0 Å². The van der Waals surface area contributed by atoms with Crippen molar-refractivity contribution in [3.8, 4) is 0 Å². The highest BCUT2D eigenvalue weighted by Crippen LogP contribution is 2.02. The first-order valence-electron chi connectivity index (χ1n) is 3.80. The zero-order valence-corrected chi connectivity index (χ0v) is 9.59. The molecule has 2 heterocycles. The van der Waals surface area contributed by atoms with E-state index in [1.807, 2.05) is 6.07 Å². The maximum absolute atomic E-state index is 10.7. The van der Waals surface area contributed by atoms with Crippen LogP contribution in [-0.4, -0.2) is 16.1 Å². The Morgan fingerprint density at radius 3 is 3.07 bits per heavy atom. The van der Waals surface area contributed by atoms with Crippen LogP contribution in [0.3, 0.4) is 0 Å². The van der Waals surface area contributed by atoms with E-state index < -0.39 is 0 Å². The van der Waals surface area contributed by atoms with Crippen LogP contribution in [0.2, 0.25) is 0 Å². The molecule has 4 nitrogen and oxygen atoms in total. The Hall–Kier alpha value is -1.01. The normalized spacial score (nSPS) is 16.0. The molecule has 0 aliphatic carbocycles. The van der Waals surface area contributed by atoms with E-state index in [4.69, 9.17) is 0 Å². The van der Waals surface area contributed by atoms with Gasteiger partial charge in [0.25, 0.3) is 11.4 Å². The molecule has 0 saturated carbocycles. The first-order valence-corrected chi connectivity index (χ1v) is 5.41. The van der Waals surface area contributed by atoms with E-state index in [1.54, 1.807) is 6.07 Å². The van der Waals surface area contributed by atoms with Crippen molar-refractivity contribution in [1.29, 1.82) is 0 Å². The summed E-state index contributed by atoms with van der Waals surface area (Å²) in [6.07, 6.45) is 0. The van der Waals surface area contributed by atoms with Crippen molar-refractivity contribution in [3.05, 3.63) is 26.7 Å². The maximum atomic E-state index is 10.7. The fourth-order valence-electron chi connectivity index (χ4n) is 0.966. The number of amides is 1. The van der Waals surface area contributed by atoms with Crippen LogP contribution in [0, 0.1) is 4.64 Å². The van der Waals surface area contributed by atoms with Crippen molar-refractivity contribution >= 4 is 38.4 Å². The third-order valence-corrected chi connectivity index (χ3v) is 2.76. The van der Waals surface area contributed by atoms with Crippen LogP contribution >= 0.6 is 15.9 Å². The molecule has 0 spiro atoms. The Bertz CT molecular complexity index is 552. The molecule has 1 aliphatic rings. The summed E-state index contributed by atoms with van der Waals surface area (Å²) in [5.74, 6) is -0.247. The standard InChI is InChI=1S/C8H5BrN3OS/c1-4(13)10-8-11-5-2-3-6(9)12-7(5)14-8/h2-3H,1H3/q+1. The van der Waals surface area contributed by atoms with Gasteiger partial charge < -0.3 is 0 Å². The number of aromatic nitrogens is 1. The molecule has 0 radical (unpaired) electrons. The van der Waals surface area contributed by atoms with E-state index in [-0.39, 0.29) is 5.91 Å². The molecule has 1 amide bonds. The molecule has 0 saturated heterocycles. The lowest BCUT2D eigenvalue weighted by molar-refractivity contribution is -0.115. The Morgan fingerprint density at radius 1 is 1.57 bits per heavy atom. The van der Waals surface area contributed by atoms with E-state index in [0.29, 0.717) is 5.17 Å². The molecule has 6 heteroatoms. The molecule has 0 unspecified atom stereocenters. The van der Waals surface area contributed by atoms with Gasteiger partial charge in [-0.3, -0.25) is 4.79 Å². The molecule has 1 aromatic heterocycles. The van der Waals surface area contributed by atoms with E-state index in [2.05, 4.69) is 30.9 Å². The van der Waals surface area contributed by atoms with Gasteiger partial charge in [-0.1, -0.05) is 0 Å². The second kappa shape index (κ2) is 3.62. The van der Waals surface area contributed by atoms with Crippen LogP contribution in [0.1, 0.15) is 6.92 Å². The number of aliphatic imine (C=N–C) groups is 1. The summed E-state index contributed by atoms with van der Waals surface area (Å²) in [4.78, 5) is 22.8. The van der Waals surface area contributed by atoms with Gasteiger partial charge in [0.2, 0.25) is 5.91 Å². The quantitative estimate of drug-likeness (QED) is 0.396. The van der Waals surface area contributed by atoms with Crippen LogP contribution < -0.4 is 5.36 Å². The van der Waals surface area contributed by atoms with Gasteiger partial charge >= 0.3 is 9.81 Å². The fourth-order valence-corrected chi connectivity index (χ4v) is 2.25. The highest BCUT2D eigenvalue weighted by molar-refractivity contribution is 9.10. The number of hydrogen-bond acceptors (Lipinski definition) is 2. The summed E-state index contributed by atoms with van der Waals surface area (Å²) < 4.78 is 1.53. The molecule has 14 heavy (non-hydrogen) atoms. The highest BCUT2D eigenvalue weighted by atomic mass is 79.9. The Morgan fingerprint density at radius 2 is 2.36 bits per heavy atom. The number of fused-ring (bicyclic) bond motifs is 1. The molecule has 0 bridgehead atoms. The molecule has 0 fully saturated rings. The van der Waals surface area contributed by atoms with Gasteiger partial charge in [-0.2, -0.15) is 9.98 Å². The van der Waals surface area contributed by atoms with Crippen molar-refractivity contribution in [1.82, 2.24) is 4.98 Å². The molecular formula is C8H5BrN3OS+. The van der Waals surface area contributed by atoms with Gasteiger partial charge in [-0.15, -0.1) is 4.99 Å². The SMILES string of the molecule is CC(=O)N=C1N=c2ccc(Br)nc2=[S+]1. The van der Waals surface area contributed by atoms with E-state index in [9.17, 15) is 4.79 Å². The zero-order chi connectivity index (χ0) is 10.1. The van der Waals surface area contributed by atoms with Gasteiger partial charge in [-0.05, 0) is 28.1 Å². The number of amidine groups is 1. The smallest absolute Gasteiger partial charge is 0.273 e. The summed E-state index contributed by atoms with van der Waals surface area (Å²) in [7, 11) is 0. The number of rotatable bonds is 0. The average molecular weight is 271 g/mol. The van der Waals surface area contributed by atoms with E-state index >= 15 is 0 Å². The van der Waals surface area contributed by atoms with Crippen molar-refractivity contribution < 1.29 is 4.79 Å². The van der Waals surface area contributed by atoms with Crippen LogP contribution in [0.5, 0.6) is 0 Å². The summed E-state index contributed by atoms with van der Waals surface area (Å²) in [6, 6.07) is 3.64. The van der Waals surface area contributed by atoms with Crippen molar-refractivity contribution in [2.45, 2.75) is 6.92 Å². The van der Waals surface area contributed by atoms with E-state index in [1.165, 1.54) is 18.3 Å². The van der Waals surface area contributed by atoms with Gasteiger partial charge in [0, 0.05) is 6.92 Å². The van der Waals surface area contributed by atoms with Gasteiger partial charge in [0.1, 0.15) is 4.60 Å². The topological polar surface area (TPSA) is 54.7 Å². The van der Waals surface area contributed by atoms with Gasteiger partial charge in [0.15, 0.2) is 5.36 Å². The molecule has 70 valence electrons. The molecule has 2 rings (SSSR count).